The lowest BCUT2D eigenvalue weighted by molar-refractivity contribution is -0.159. The molecule has 0 aromatic heterocycles. The van der Waals surface area contributed by atoms with Gasteiger partial charge in [0, 0.05) is 0 Å². The van der Waals surface area contributed by atoms with Crippen LogP contribution < -0.4 is 4.74 Å². The molecule has 0 amide bonds. The molecular weight excluding hydrogens is 382 g/mol. The Bertz CT molecular complexity index is 607. The highest BCUT2D eigenvalue weighted by molar-refractivity contribution is 6.27. The third-order valence-corrected chi connectivity index (χ3v) is 5.79. The third-order valence-electron chi connectivity index (χ3n) is 5.79. The molecule has 1 heterocycles. The summed E-state index contributed by atoms with van der Waals surface area (Å²) in [6.07, 6.45) is 10.6. The van der Waals surface area contributed by atoms with E-state index in [1.54, 1.807) is 0 Å². The second-order valence-electron chi connectivity index (χ2n) is 8.54. The van der Waals surface area contributed by atoms with Gasteiger partial charge >= 0.3 is 11.9 Å². The van der Waals surface area contributed by atoms with Crippen LogP contribution in [0.1, 0.15) is 77.7 Å². The van der Waals surface area contributed by atoms with Gasteiger partial charge in [0.2, 0.25) is 0 Å². The summed E-state index contributed by atoms with van der Waals surface area (Å²) in [6, 6.07) is 8.70. The lowest BCUT2D eigenvalue weighted by Crippen LogP contribution is -2.25. The molecule has 0 atom stereocenters. The first-order valence-electron chi connectivity index (χ1n) is 11.2. The van der Waals surface area contributed by atoms with Gasteiger partial charge in [-0.2, -0.15) is 0 Å². The molecule has 6 nitrogen and oxygen atoms in total. The number of unbranched alkanes of at least 4 members (excludes halogenated alkanes) is 2. The van der Waals surface area contributed by atoms with Crippen LogP contribution in [0.2, 0.25) is 0 Å². The minimum absolute atomic E-state index is 0.256. The van der Waals surface area contributed by atoms with E-state index >= 15 is 0 Å². The summed E-state index contributed by atoms with van der Waals surface area (Å²) >= 11 is 0. The number of rotatable bonds is 9. The van der Waals surface area contributed by atoms with E-state index in [9.17, 15) is 0 Å². The molecule has 0 unspecified atom stereocenters. The number of carboxylic acids is 2. The average Bonchev–Trinajstić information content (AvgIpc) is 3.00. The normalized spacial score (nSPS) is 14.9. The zero-order valence-electron chi connectivity index (χ0n) is 18.9. The van der Waals surface area contributed by atoms with Crippen molar-refractivity contribution < 1.29 is 24.5 Å². The first kappa shape index (κ1) is 26.0. The predicted molar refractivity (Wildman–Crippen MR) is 119 cm³/mol. The molecule has 0 spiro atoms. The molecule has 2 N–H and O–H groups in total. The summed E-state index contributed by atoms with van der Waals surface area (Å²) < 4.78 is 5.91. The Hall–Kier alpha value is -2.08. The van der Waals surface area contributed by atoms with Crippen LogP contribution in [0.5, 0.6) is 5.75 Å². The van der Waals surface area contributed by atoms with Gasteiger partial charge in [-0.25, -0.2) is 9.59 Å². The first-order chi connectivity index (χ1) is 14.3. The van der Waals surface area contributed by atoms with E-state index in [-0.39, 0.29) is 5.41 Å². The van der Waals surface area contributed by atoms with Gasteiger partial charge in [-0.1, -0.05) is 45.7 Å². The quantitative estimate of drug-likeness (QED) is 0.433. The van der Waals surface area contributed by atoms with Gasteiger partial charge in [0.15, 0.2) is 0 Å². The highest BCUT2D eigenvalue weighted by atomic mass is 16.5. The van der Waals surface area contributed by atoms with Gasteiger partial charge < -0.3 is 19.8 Å². The van der Waals surface area contributed by atoms with E-state index in [1.165, 1.54) is 63.7 Å². The van der Waals surface area contributed by atoms with Gasteiger partial charge in [-0.05, 0) is 81.3 Å². The monoisotopic (exact) mass is 421 g/mol. The number of hydrogen-bond donors (Lipinski definition) is 2. The maximum absolute atomic E-state index is 9.10. The second kappa shape index (κ2) is 14.0. The van der Waals surface area contributed by atoms with E-state index < -0.39 is 11.9 Å². The molecule has 0 saturated carbocycles. The van der Waals surface area contributed by atoms with Crippen LogP contribution in [0.15, 0.2) is 24.3 Å². The number of carboxylic acid groups (broad SMARTS) is 2. The van der Waals surface area contributed by atoms with Crippen molar-refractivity contribution in [3.8, 4) is 5.75 Å². The Kier molecular flexibility index (Phi) is 12.1. The number of nitrogens with zero attached hydrogens (tertiary/aromatic N) is 1. The van der Waals surface area contributed by atoms with Crippen molar-refractivity contribution in [2.45, 2.75) is 77.6 Å². The molecule has 1 fully saturated rings. The van der Waals surface area contributed by atoms with Crippen LogP contribution in [0.25, 0.3) is 0 Å². The van der Waals surface area contributed by atoms with E-state index in [4.69, 9.17) is 24.5 Å². The standard InChI is InChI=1S/C22H37NO.C2H2O4/c1-4-22(2,3)20-12-14-21(15-13-20)24-19-11-7-10-18-23-16-8-5-6-9-17-23;3-1(4)2(5)6/h12-15H,4-11,16-19H2,1-3H3;(H,3,4)(H,5,6). The number of hydrogen-bond acceptors (Lipinski definition) is 4. The molecule has 170 valence electrons. The molecule has 1 saturated heterocycles. The Morgan fingerprint density at radius 1 is 0.933 bits per heavy atom. The summed E-state index contributed by atoms with van der Waals surface area (Å²) in [6.45, 7) is 11.6. The van der Waals surface area contributed by atoms with E-state index in [0.29, 0.717) is 0 Å². The highest BCUT2D eigenvalue weighted by Gasteiger charge is 2.17. The van der Waals surface area contributed by atoms with Gasteiger partial charge in [0.1, 0.15) is 5.75 Å². The number of carbonyl (C=O) groups is 2. The summed E-state index contributed by atoms with van der Waals surface area (Å²) in [5.41, 5.74) is 1.65. The maximum Gasteiger partial charge on any atom is 0.414 e. The maximum atomic E-state index is 9.10. The lowest BCUT2D eigenvalue weighted by atomic mass is 9.82. The Morgan fingerprint density at radius 2 is 1.50 bits per heavy atom. The molecular formula is C24H39NO5. The van der Waals surface area contributed by atoms with Crippen molar-refractivity contribution in [1.82, 2.24) is 4.90 Å². The molecule has 1 aliphatic rings. The molecule has 6 heteroatoms. The molecule has 1 aromatic rings. The highest BCUT2D eigenvalue weighted by Crippen LogP contribution is 2.28. The molecule has 1 aliphatic heterocycles. The zero-order chi connectivity index (χ0) is 22.4. The topological polar surface area (TPSA) is 87.1 Å². The molecule has 30 heavy (non-hydrogen) atoms. The zero-order valence-corrected chi connectivity index (χ0v) is 18.9. The van der Waals surface area contributed by atoms with E-state index in [0.717, 1.165) is 25.2 Å². The van der Waals surface area contributed by atoms with Gasteiger partial charge in [-0.15, -0.1) is 0 Å². The van der Waals surface area contributed by atoms with Crippen LogP contribution >= 0.6 is 0 Å². The van der Waals surface area contributed by atoms with Crippen molar-refractivity contribution >= 4 is 11.9 Å². The Labute approximate surface area is 181 Å². The molecule has 0 aliphatic carbocycles. The minimum atomic E-state index is -1.82. The lowest BCUT2D eigenvalue weighted by Gasteiger charge is -2.23. The van der Waals surface area contributed by atoms with Gasteiger partial charge in [0.25, 0.3) is 0 Å². The summed E-state index contributed by atoms with van der Waals surface area (Å²) in [5.74, 6) is -2.64. The fourth-order valence-corrected chi connectivity index (χ4v) is 3.37. The average molecular weight is 422 g/mol. The number of benzene rings is 1. The minimum Gasteiger partial charge on any atom is -0.494 e. The third kappa shape index (κ3) is 10.6. The van der Waals surface area contributed by atoms with Crippen molar-refractivity contribution in [3.63, 3.8) is 0 Å². The molecule has 0 bridgehead atoms. The van der Waals surface area contributed by atoms with Crippen LogP contribution in [0, 0.1) is 0 Å². The van der Waals surface area contributed by atoms with Gasteiger partial charge in [0.05, 0.1) is 6.61 Å². The largest absolute Gasteiger partial charge is 0.494 e. The fourth-order valence-electron chi connectivity index (χ4n) is 3.37. The second-order valence-corrected chi connectivity index (χ2v) is 8.54. The van der Waals surface area contributed by atoms with Crippen molar-refractivity contribution in [2.75, 3.05) is 26.2 Å². The first-order valence-corrected chi connectivity index (χ1v) is 11.2. The molecule has 1 aromatic carbocycles. The van der Waals surface area contributed by atoms with Crippen molar-refractivity contribution in [1.29, 1.82) is 0 Å². The fraction of sp³-hybridized carbons (Fsp3) is 0.667. The SMILES string of the molecule is CCC(C)(C)c1ccc(OCCCCCN2CCCCCC2)cc1.O=C(O)C(=O)O. The van der Waals surface area contributed by atoms with Crippen LogP contribution in [0.4, 0.5) is 0 Å². The summed E-state index contributed by atoms with van der Waals surface area (Å²) in [4.78, 5) is 20.9. The van der Waals surface area contributed by atoms with Crippen molar-refractivity contribution in [3.05, 3.63) is 29.8 Å². The predicted octanol–water partition coefficient (Wildman–Crippen LogP) is 4.95. The Morgan fingerprint density at radius 3 is 2.00 bits per heavy atom. The van der Waals surface area contributed by atoms with Gasteiger partial charge in [-0.3, -0.25) is 0 Å². The number of aliphatic carboxylic acids is 2. The number of likely N-dealkylation sites (tertiary alicyclic amines) is 1. The van der Waals surface area contributed by atoms with E-state index in [2.05, 4.69) is 49.9 Å². The molecule has 2 rings (SSSR count). The smallest absolute Gasteiger partial charge is 0.414 e. The summed E-state index contributed by atoms with van der Waals surface area (Å²) in [7, 11) is 0. The molecule has 0 radical (unpaired) electrons. The van der Waals surface area contributed by atoms with Crippen LogP contribution in [0.3, 0.4) is 0 Å². The summed E-state index contributed by atoms with van der Waals surface area (Å²) in [5, 5.41) is 14.8. The van der Waals surface area contributed by atoms with Crippen LogP contribution in [-0.2, 0) is 15.0 Å². The Balaban J connectivity index is 0.000000656. The number of ether oxygens (including phenoxy) is 1. The van der Waals surface area contributed by atoms with Crippen LogP contribution in [-0.4, -0.2) is 53.3 Å². The van der Waals surface area contributed by atoms with E-state index in [1.807, 2.05) is 0 Å². The van der Waals surface area contributed by atoms with Crippen molar-refractivity contribution in [2.24, 2.45) is 0 Å².